The first kappa shape index (κ1) is 16.7. The molecule has 1 aromatic rings. The molecule has 1 aromatic carbocycles. The third kappa shape index (κ3) is 6.55. The second-order valence-corrected chi connectivity index (χ2v) is 6.96. The van der Waals surface area contributed by atoms with Crippen molar-refractivity contribution in [3.8, 4) is 0 Å². The van der Waals surface area contributed by atoms with Crippen molar-refractivity contribution >= 4 is 15.9 Å². The molecule has 0 aliphatic heterocycles. The fourth-order valence-corrected chi connectivity index (χ4v) is 2.77. The molecule has 108 valence electrons. The number of hydrogen-bond acceptors (Lipinski definition) is 2. The van der Waals surface area contributed by atoms with E-state index in [0.29, 0.717) is 5.41 Å². The molecule has 1 N–H and O–H groups in total. The quantitative estimate of drug-likeness (QED) is 0.729. The van der Waals surface area contributed by atoms with Crippen LogP contribution in [0.2, 0.25) is 0 Å². The molecule has 0 aliphatic carbocycles. The van der Waals surface area contributed by atoms with Crippen molar-refractivity contribution < 1.29 is 0 Å². The molecule has 0 fully saturated rings. The minimum Gasteiger partial charge on any atom is -0.316 e. The topological polar surface area (TPSA) is 15.3 Å². The zero-order valence-electron chi connectivity index (χ0n) is 12.7. The van der Waals surface area contributed by atoms with Crippen LogP contribution in [0.3, 0.4) is 0 Å². The molecule has 0 spiro atoms. The molecular weight excluding hydrogens is 300 g/mol. The first-order valence-corrected chi connectivity index (χ1v) is 7.86. The molecule has 0 aliphatic rings. The van der Waals surface area contributed by atoms with Crippen LogP contribution in [0, 0.1) is 5.41 Å². The molecule has 0 heterocycles. The lowest BCUT2D eigenvalue weighted by Gasteiger charge is -2.31. The third-order valence-electron chi connectivity index (χ3n) is 3.13. The molecule has 0 amide bonds. The van der Waals surface area contributed by atoms with E-state index >= 15 is 0 Å². The standard InChI is InChI=1S/C16H27BrN2/c1-5-10-18-12-16(2,3)13-19(4)11-14-8-6-7-9-15(14)17/h6-9,18H,5,10-13H2,1-4H3. The molecule has 0 saturated carbocycles. The summed E-state index contributed by atoms with van der Waals surface area (Å²) in [4.78, 5) is 2.40. The molecule has 0 atom stereocenters. The van der Waals surface area contributed by atoms with Crippen LogP contribution in [-0.4, -0.2) is 31.6 Å². The lowest BCUT2D eigenvalue weighted by atomic mass is 9.92. The van der Waals surface area contributed by atoms with Crippen LogP contribution < -0.4 is 5.32 Å². The van der Waals surface area contributed by atoms with E-state index in [9.17, 15) is 0 Å². The summed E-state index contributed by atoms with van der Waals surface area (Å²) in [5, 5.41) is 3.52. The number of benzene rings is 1. The highest BCUT2D eigenvalue weighted by Crippen LogP contribution is 2.20. The van der Waals surface area contributed by atoms with E-state index in [0.717, 1.165) is 26.2 Å². The van der Waals surface area contributed by atoms with Crippen molar-refractivity contribution in [2.75, 3.05) is 26.7 Å². The van der Waals surface area contributed by atoms with Crippen molar-refractivity contribution in [3.05, 3.63) is 34.3 Å². The summed E-state index contributed by atoms with van der Waals surface area (Å²) in [6.07, 6.45) is 1.20. The van der Waals surface area contributed by atoms with Crippen molar-refractivity contribution in [3.63, 3.8) is 0 Å². The Morgan fingerprint density at radius 3 is 2.58 bits per heavy atom. The molecule has 19 heavy (non-hydrogen) atoms. The van der Waals surface area contributed by atoms with Crippen LogP contribution in [0.4, 0.5) is 0 Å². The van der Waals surface area contributed by atoms with E-state index in [4.69, 9.17) is 0 Å². The van der Waals surface area contributed by atoms with Crippen LogP contribution in [0.15, 0.2) is 28.7 Å². The Bertz CT molecular complexity index is 377. The second kappa shape index (κ2) is 8.03. The van der Waals surface area contributed by atoms with Gasteiger partial charge in [-0.05, 0) is 37.1 Å². The van der Waals surface area contributed by atoms with Crippen LogP contribution in [-0.2, 0) is 6.54 Å². The summed E-state index contributed by atoms with van der Waals surface area (Å²) in [6.45, 7) is 11.1. The van der Waals surface area contributed by atoms with E-state index in [1.165, 1.54) is 16.5 Å². The third-order valence-corrected chi connectivity index (χ3v) is 3.90. The predicted octanol–water partition coefficient (Wildman–Crippen LogP) is 3.91. The lowest BCUT2D eigenvalue weighted by Crippen LogP contribution is -2.39. The minimum atomic E-state index is 0.297. The van der Waals surface area contributed by atoms with Gasteiger partial charge >= 0.3 is 0 Å². The van der Waals surface area contributed by atoms with E-state index in [1.54, 1.807) is 0 Å². The van der Waals surface area contributed by atoms with Crippen molar-refractivity contribution in [1.29, 1.82) is 0 Å². The van der Waals surface area contributed by atoms with Crippen LogP contribution >= 0.6 is 15.9 Å². The van der Waals surface area contributed by atoms with Crippen LogP contribution in [0.5, 0.6) is 0 Å². The monoisotopic (exact) mass is 326 g/mol. The molecule has 0 radical (unpaired) electrons. The Hall–Kier alpha value is -0.380. The fourth-order valence-electron chi connectivity index (χ4n) is 2.36. The normalized spacial score (nSPS) is 12.1. The van der Waals surface area contributed by atoms with Gasteiger partial charge in [-0.1, -0.05) is 54.9 Å². The smallest absolute Gasteiger partial charge is 0.0242 e. The van der Waals surface area contributed by atoms with Gasteiger partial charge in [-0.15, -0.1) is 0 Å². The van der Waals surface area contributed by atoms with Gasteiger partial charge in [0.15, 0.2) is 0 Å². The van der Waals surface area contributed by atoms with Gasteiger partial charge in [0.2, 0.25) is 0 Å². The summed E-state index contributed by atoms with van der Waals surface area (Å²) < 4.78 is 1.20. The number of nitrogens with zero attached hydrogens (tertiary/aromatic N) is 1. The first-order valence-electron chi connectivity index (χ1n) is 7.07. The van der Waals surface area contributed by atoms with Gasteiger partial charge in [-0.25, -0.2) is 0 Å². The maximum absolute atomic E-state index is 3.62. The van der Waals surface area contributed by atoms with Gasteiger partial charge in [-0.2, -0.15) is 0 Å². The van der Waals surface area contributed by atoms with E-state index < -0.39 is 0 Å². The van der Waals surface area contributed by atoms with Gasteiger partial charge in [-0.3, -0.25) is 0 Å². The zero-order chi connectivity index (χ0) is 14.3. The summed E-state index contributed by atoms with van der Waals surface area (Å²) in [5.41, 5.74) is 1.65. The van der Waals surface area contributed by atoms with Gasteiger partial charge in [0.1, 0.15) is 0 Å². The van der Waals surface area contributed by atoms with E-state index in [-0.39, 0.29) is 0 Å². The summed E-state index contributed by atoms with van der Waals surface area (Å²) in [5.74, 6) is 0. The minimum absolute atomic E-state index is 0.297. The highest BCUT2D eigenvalue weighted by atomic mass is 79.9. The summed E-state index contributed by atoms with van der Waals surface area (Å²) in [6, 6.07) is 8.45. The van der Waals surface area contributed by atoms with Crippen molar-refractivity contribution in [2.45, 2.75) is 33.7 Å². The van der Waals surface area contributed by atoms with Crippen molar-refractivity contribution in [1.82, 2.24) is 10.2 Å². The largest absolute Gasteiger partial charge is 0.316 e. The molecule has 0 saturated heterocycles. The molecule has 0 bridgehead atoms. The number of halogens is 1. The van der Waals surface area contributed by atoms with E-state index in [1.807, 2.05) is 0 Å². The maximum Gasteiger partial charge on any atom is 0.0242 e. The molecule has 0 aromatic heterocycles. The molecule has 3 heteroatoms. The molecular formula is C16H27BrN2. The number of nitrogens with one attached hydrogen (secondary N) is 1. The zero-order valence-corrected chi connectivity index (χ0v) is 14.3. The fraction of sp³-hybridized carbons (Fsp3) is 0.625. The van der Waals surface area contributed by atoms with E-state index in [2.05, 4.69) is 78.2 Å². The Kier molecular flexibility index (Phi) is 7.05. The lowest BCUT2D eigenvalue weighted by molar-refractivity contribution is 0.198. The van der Waals surface area contributed by atoms with Crippen LogP contribution in [0.1, 0.15) is 32.8 Å². The Balaban J connectivity index is 2.46. The average molecular weight is 327 g/mol. The Labute approximate surface area is 126 Å². The summed E-state index contributed by atoms with van der Waals surface area (Å²) in [7, 11) is 2.20. The van der Waals surface area contributed by atoms with Crippen molar-refractivity contribution in [2.24, 2.45) is 5.41 Å². The van der Waals surface area contributed by atoms with Gasteiger partial charge in [0.25, 0.3) is 0 Å². The van der Waals surface area contributed by atoms with Gasteiger partial charge in [0.05, 0.1) is 0 Å². The Morgan fingerprint density at radius 1 is 1.26 bits per heavy atom. The SMILES string of the molecule is CCCNCC(C)(C)CN(C)Cc1ccccc1Br. The number of rotatable bonds is 8. The van der Waals surface area contributed by atoms with Gasteiger partial charge in [0, 0.05) is 24.1 Å². The Morgan fingerprint density at radius 2 is 1.95 bits per heavy atom. The van der Waals surface area contributed by atoms with Gasteiger partial charge < -0.3 is 10.2 Å². The first-order chi connectivity index (χ1) is 8.94. The maximum atomic E-state index is 3.62. The highest BCUT2D eigenvalue weighted by Gasteiger charge is 2.19. The number of hydrogen-bond donors (Lipinski definition) is 1. The highest BCUT2D eigenvalue weighted by molar-refractivity contribution is 9.10. The molecule has 0 unspecified atom stereocenters. The predicted molar refractivity (Wildman–Crippen MR) is 87.4 cm³/mol. The molecule has 1 rings (SSSR count). The van der Waals surface area contributed by atoms with Crippen LogP contribution in [0.25, 0.3) is 0 Å². The summed E-state index contributed by atoms with van der Waals surface area (Å²) >= 11 is 3.62. The molecule has 2 nitrogen and oxygen atoms in total. The second-order valence-electron chi connectivity index (χ2n) is 6.10. The average Bonchev–Trinajstić information content (AvgIpc) is 2.31.